The van der Waals surface area contributed by atoms with Crippen molar-refractivity contribution in [3.8, 4) is 16.9 Å². The van der Waals surface area contributed by atoms with E-state index in [1.807, 2.05) is 48.5 Å². The maximum absolute atomic E-state index is 11.9. The van der Waals surface area contributed by atoms with Crippen LogP contribution in [-0.2, 0) is 29.1 Å². The predicted molar refractivity (Wildman–Crippen MR) is 118 cm³/mol. The SMILES string of the molecule is CCOC(=O)Cc1ccccc1OCc1cc(-c2ccnc(CN)c2)c2occc2c1. The van der Waals surface area contributed by atoms with Crippen molar-refractivity contribution in [1.29, 1.82) is 0 Å². The molecule has 31 heavy (non-hydrogen) atoms. The van der Waals surface area contributed by atoms with Gasteiger partial charge in [-0.05, 0) is 54.4 Å². The van der Waals surface area contributed by atoms with E-state index in [-0.39, 0.29) is 12.4 Å². The van der Waals surface area contributed by atoms with E-state index >= 15 is 0 Å². The molecule has 0 unspecified atom stereocenters. The molecule has 0 amide bonds. The Bertz CT molecular complexity index is 1200. The van der Waals surface area contributed by atoms with Crippen LogP contribution in [0.15, 0.2) is 71.5 Å². The first kappa shape index (κ1) is 20.6. The van der Waals surface area contributed by atoms with Gasteiger partial charge in [0.1, 0.15) is 17.9 Å². The summed E-state index contributed by atoms with van der Waals surface area (Å²) in [6, 6.07) is 17.4. The Balaban J connectivity index is 1.61. The highest BCUT2D eigenvalue weighted by atomic mass is 16.5. The first-order valence-electron chi connectivity index (χ1n) is 10.2. The van der Waals surface area contributed by atoms with E-state index in [9.17, 15) is 4.79 Å². The van der Waals surface area contributed by atoms with E-state index in [4.69, 9.17) is 19.6 Å². The van der Waals surface area contributed by atoms with Gasteiger partial charge in [-0.2, -0.15) is 0 Å². The molecule has 0 aliphatic carbocycles. The lowest BCUT2D eigenvalue weighted by Crippen LogP contribution is -2.09. The van der Waals surface area contributed by atoms with Gasteiger partial charge in [0.2, 0.25) is 0 Å². The minimum atomic E-state index is -0.269. The molecule has 2 N–H and O–H groups in total. The molecule has 0 radical (unpaired) electrons. The fourth-order valence-corrected chi connectivity index (χ4v) is 3.52. The highest BCUT2D eigenvalue weighted by Gasteiger charge is 2.13. The van der Waals surface area contributed by atoms with Gasteiger partial charge in [0.25, 0.3) is 0 Å². The minimum absolute atomic E-state index is 0.176. The average molecular weight is 416 g/mol. The molecule has 0 atom stereocenters. The summed E-state index contributed by atoms with van der Waals surface area (Å²) in [5, 5.41) is 0.988. The number of benzene rings is 2. The molecule has 0 fully saturated rings. The van der Waals surface area contributed by atoms with Gasteiger partial charge in [-0.3, -0.25) is 9.78 Å². The number of furan rings is 1. The van der Waals surface area contributed by atoms with Crippen molar-refractivity contribution in [3.63, 3.8) is 0 Å². The average Bonchev–Trinajstić information content (AvgIpc) is 3.27. The first-order valence-corrected chi connectivity index (χ1v) is 10.2. The molecule has 0 spiro atoms. The number of carbonyl (C=O) groups excluding carboxylic acids is 1. The zero-order valence-corrected chi connectivity index (χ0v) is 17.3. The van der Waals surface area contributed by atoms with Crippen LogP contribution in [0.25, 0.3) is 22.1 Å². The molecule has 2 aromatic heterocycles. The number of hydrogen-bond donors (Lipinski definition) is 1. The molecule has 4 rings (SSSR count). The van der Waals surface area contributed by atoms with Crippen LogP contribution in [-0.4, -0.2) is 17.6 Å². The van der Waals surface area contributed by atoms with Crippen LogP contribution in [0.3, 0.4) is 0 Å². The number of rotatable bonds is 8. The lowest BCUT2D eigenvalue weighted by Gasteiger charge is -2.13. The molecule has 2 aromatic carbocycles. The van der Waals surface area contributed by atoms with Crippen molar-refractivity contribution in [2.24, 2.45) is 5.73 Å². The summed E-state index contributed by atoms with van der Waals surface area (Å²) in [5.74, 6) is 0.396. The number of carbonyl (C=O) groups is 1. The largest absolute Gasteiger partial charge is 0.489 e. The summed E-state index contributed by atoms with van der Waals surface area (Å²) in [7, 11) is 0. The van der Waals surface area contributed by atoms with Crippen LogP contribution in [0, 0.1) is 0 Å². The van der Waals surface area contributed by atoms with Gasteiger partial charge >= 0.3 is 5.97 Å². The fourth-order valence-electron chi connectivity index (χ4n) is 3.52. The topological polar surface area (TPSA) is 87.6 Å². The van der Waals surface area contributed by atoms with E-state index in [0.29, 0.717) is 25.5 Å². The quantitative estimate of drug-likeness (QED) is 0.421. The zero-order chi connectivity index (χ0) is 21.6. The zero-order valence-electron chi connectivity index (χ0n) is 17.3. The summed E-state index contributed by atoms with van der Waals surface area (Å²) in [4.78, 5) is 16.2. The van der Waals surface area contributed by atoms with Crippen molar-refractivity contribution in [3.05, 3.63) is 83.9 Å². The number of esters is 1. The maximum Gasteiger partial charge on any atom is 0.310 e. The number of ether oxygens (including phenoxy) is 2. The van der Waals surface area contributed by atoms with Crippen molar-refractivity contribution in [2.75, 3.05) is 6.61 Å². The van der Waals surface area contributed by atoms with E-state index in [0.717, 1.165) is 38.9 Å². The van der Waals surface area contributed by atoms with Gasteiger partial charge in [-0.25, -0.2) is 0 Å². The summed E-state index contributed by atoms with van der Waals surface area (Å²) in [6.07, 6.45) is 3.61. The Hall–Kier alpha value is -3.64. The van der Waals surface area contributed by atoms with Crippen molar-refractivity contribution in [1.82, 2.24) is 4.98 Å². The number of pyridine rings is 1. The van der Waals surface area contributed by atoms with Crippen molar-refractivity contribution >= 4 is 16.9 Å². The first-order chi connectivity index (χ1) is 15.2. The summed E-state index contributed by atoms with van der Waals surface area (Å²) in [6.45, 7) is 2.87. The third-order valence-corrected chi connectivity index (χ3v) is 4.95. The lowest BCUT2D eigenvalue weighted by molar-refractivity contribution is -0.142. The van der Waals surface area contributed by atoms with E-state index in [1.165, 1.54) is 0 Å². The number of fused-ring (bicyclic) bond motifs is 1. The van der Waals surface area contributed by atoms with Gasteiger partial charge in [0.15, 0.2) is 0 Å². The number of nitrogens with two attached hydrogens (primary N) is 1. The van der Waals surface area contributed by atoms with Gasteiger partial charge in [0.05, 0.1) is 25.0 Å². The fraction of sp³-hybridized carbons (Fsp3) is 0.200. The smallest absolute Gasteiger partial charge is 0.310 e. The predicted octanol–water partition coefficient (Wildman–Crippen LogP) is 4.64. The normalized spacial score (nSPS) is 10.9. The van der Waals surface area contributed by atoms with Crippen LogP contribution in [0.4, 0.5) is 0 Å². The highest BCUT2D eigenvalue weighted by Crippen LogP contribution is 2.32. The van der Waals surface area contributed by atoms with Gasteiger partial charge in [-0.15, -0.1) is 0 Å². The molecule has 0 aliphatic heterocycles. The maximum atomic E-state index is 11.9. The van der Waals surface area contributed by atoms with Gasteiger partial charge < -0.3 is 19.6 Å². The Labute approximate surface area is 180 Å². The highest BCUT2D eigenvalue weighted by molar-refractivity contribution is 5.93. The number of para-hydroxylation sites is 1. The molecule has 0 aliphatic rings. The van der Waals surface area contributed by atoms with Crippen LogP contribution in [0.2, 0.25) is 0 Å². The third kappa shape index (κ3) is 4.75. The van der Waals surface area contributed by atoms with E-state index in [1.54, 1.807) is 19.4 Å². The number of nitrogens with zero attached hydrogens (tertiary/aromatic N) is 1. The molecular formula is C25H24N2O4. The second-order valence-electron chi connectivity index (χ2n) is 7.10. The number of aromatic nitrogens is 1. The molecule has 158 valence electrons. The molecule has 0 bridgehead atoms. The summed E-state index contributed by atoms with van der Waals surface area (Å²) >= 11 is 0. The summed E-state index contributed by atoms with van der Waals surface area (Å²) < 4.78 is 16.9. The molecule has 2 heterocycles. The van der Waals surface area contributed by atoms with Crippen LogP contribution >= 0.6 is 0 Å². The standard InChI is InChI=1S/C25H24N2O4/c1-2-29-24(28)14-19-5-3-4-6-23(19)31-16-17-11-20-8-10-30-25(20)22(12-17)18-7-9-27-21(13-18)15-26/h3-13H,2,14-16,26H2,1H3. The monoisotopic (exact) mass is 416 g/mol. The minimum Gasteiger partial charge on any atom is -0.489 e. The van der Waals surface area contributed by atoms with Crippen molar-refractivity contribution in [2.45, 2.75) is 26.5 Å². The Morgan fingerprint density at radius 3 is 2.84 bits per heavy atom. The Morgan fingerprint density at radius 1 is 1.13 bits per heavy atom. The Kier molecular flexibility index (Phi) is 6.29. The molecular weight excluding hydrogens is 392 g/mol. The van der Waals surface area contributed by atoms with Crippen LogP contribution in [0.5, 0.6) is 5.75 Å². The number of hydrogen-bond acceptors (Lipinski definition) is 6. The molecule has 6 nitrogen and oxygen atoms in total. The second-order valence-corrected chi connectivity index (χ2v) is 7.10. The van der Waals surface area contributed by atoms with Crippen LogP contribution < -0.4 is 10.5 Å². The van der Waals surface area contributed by atoms with E-state index < -0.39 is 0 Å². The molecule has 4 aromatic rings. The molecule has 0 saturated heterocycles. The summed E-state index contributed by atoms with van der Waals surface area (Å²) in [5.41, 5.74) is 11.1. The van der Waals surface area contributed by atoms with Crippen molar-refractivity contribution < 1.29 is 18.7 Å². The molecule has 0 saturated carbocycles. The van der Waals surface area contributed by atoms with Gasteiger partial charge in [0, 0.05) is 29.3 Å². The lowest BCUT2D eigenvalue weighted by atomic mass is 10.0. The molecule has 6 heteroatoms. The second kappa shape index (κ2) is 9.45. The third-order valence-electron chi connectivity index (χ3n) is 4.95. The van der Waals surface area contributed by atoms with Crippen LogP contribution in [0.1, 0.15) is 23.7 Å². The van der Waals surface area contributed by atoms with Gasteiger partial charge in [-0.1, -0.05) is 18.2 Å². The Morgan fingerprint density at radius 2 is 2.00 bits per heavy atom. The van der Waals surface area contributed by atoms with E-state index in [2.05, 4.69) is 11.1 Å².